The van der Waals surface area contributed by atoms with Gasteiger partial charge in [0.05, 0.1) is 12.0 Å². The fraction of sp³-hybridized carbons (Fsp3) is 0.889. The maximum Gasteiger partial charge on any atom is 0.228 e. The van der Waals surface area contributed by atoms with Crippen molar-refractivity contribution in [3.8, 4) is 0 Å². The number of fused-ring (bicyclic) bond motifs is 2. The maximum atomic E-state index is 11.5. The summed E-state index contributed by atoms with van der Waals surface area (Å²) < 4.78 is 11.0. The Morgan fingerprint density at radius 1 is 1.69 bits per heavy atom. The van der Waals surface area contributed by atoms with Gasteiger partial charge in [0.15, 0.2) is 5.79 Å². The van der Waals surface area contributed by atoms with Gasteiger partial charge in [0, 0.05) is 20.6 Å². The number of methoxy groups -OCH3 is 1. The highest BCUT2D eigenvalue weighted by molar-refractivity contribution is 5.80. The van der Waals surface area contributed by atoms with Crippen LogP contribution in [0.5, 0.6) is 0 Å². The van der Waals surface area contributed by atoms with E-state index in [1.54, 1.807) is 14.2 Å². The molecular formula is C9H15NO3. The van der Waals surface area contributed by atoms with Gasteiger partial charge in [0.25, 0.3) is 0 Å². The molecule has 0 aliphatic carbocycles. The van der Waals surface area contributed by atoms with E-state index in [4.69, 9.17) is 9.47 Å². The lowest BCUT2D eigenvalue weighted by molar-refractivity contribution is -0.203. The van der Waals surface area contributed by atoms with Crippen LogP contribution < -0.4 is 5.32 Å². The standard InChI is InChI=1S/C9H15NO3/c1-10-8(11)7-5-6-3-4-9(7,12-2)13-6/h6-7H,3-5H2,1-2H3,(H,10,11). The van der Waals surface area contributed by atoms with Crippen LogP contribution in [-0.4, -0.2) is 32.0 Å². The monoisotopic (exact) mass is 185 g/mol. The third-order valence-corrected chi connectivity index (χ3v) is 3.12. The van der Waals surface area contributed by atoms with Crippen molar-refractivity contribution < 1.29 is 14.3 Å². The molecular weight excluding hydrogens is 170 g/mol. The van der Waals surface area contributed by atoms with E-state index in [9.17, 15) is 4.79 Å². The van der Waals surface area contributed by atoms with Gasteiger partial charge in [-0.3, -0.25) is 4.79 Å². The smallest absolute Gasteiger partial charge is 0.228 e. The molecule has 2 bridgehead atoms. The minimum atomic E-state index is -0.620. The molecule has 3 unspecified atom stereocenters. The molecule has 13 heavy (non-hydrogen) atoms. The van der Waals surface area contributed by atoms with Crippen LogP contribution in [0.25, 0.3) is 0 Å². The number of amides is 1. The van der Waals surface area contributed by atoms with Crippen LogP contribution in [0.1, 0.15) is 19.3 Å². The van der Waals surface area contributed by atoms with Crippen molar-refractivity contribution >= 4 is 5.91 Å². The molecule has 0 radical (unpaired) electrons. The highest BCUT2D eigenvalue weighted by Crippen LogP contribution is 2.48. The topological polar surface area (TPSA) is 47.6 Å². The molecule has 3 atom stereocenters. The first-order valence-corrected chi connectivity index (χ1v) is 4.66. The molecule has 2 saturated heterocycles. The van der Waals surface area contributed by atoms with E-state index in [1.165, 1.54) is 0 Å². The summed E-state index contributed by atoms with van der Waals surface area (Å²) in [5.41, 5.74) is 0. The molecule has 0 aromatic rings. The van der Waals surface area contributed by atoms with Crippen LogP contribution in [0.2, 0.25) is 0 Å². The summed E-state index contributed by atoms with van der Waals surface area (Å²) in [6, 6.07) is 0. The van der Waals surface area contributed by atoms with Gasteiger partial charge >= 0.3 is 0 Å². The number of carbonyl (C=O) groups excluding carboxylic acids is 1. The highest BCUT2D eigenvalue weighted by atomic mass is 16.7. The summed E-state index contributed by atoms with van der Waals surface area (Å²) in [5, 5.41) is 2.65. The summed E-state index contributed by atoms with van der Waals surface area (Å²) in [6.45, 7) is 0. The van der Waals surface area contributed by atoms with Gasteiger partial charge in [-0.25, -0.2) is 0 Å². The Balaban J connectivity index is 2.17. The van der Waals surface area contributed by atoms with E-state index >= 15 is 0 Å². The van der Waals surface area contributed by atoms with Gasteiger partial charge in [-0.1, -0.05) is 0 Å². The Kier molecular flexibility index (Phi) is 2.04. The van der Waals surface area contributed by atoms with Crippen molar-refractivity contribution in [2.75, 3.05) is 14.2 Å². The zero-order valence-corrected chi connectivity index (χ0v) is 8.00. The van der Waals surface area contributed by atoms with Crippen LogP contribution in [0.15, 0.2) is 0 Å². The summed E-state index contributed by atoms with van der Waals surface area (Å²) in [5.74, 6) is -0.713. The third-order valence-electron chi connectivity index (χ3n) is 3.12. The Labute approximate surface area is 77.6 Å². The fourth-order valence-electron chi connectivity index (χ4n) is 2.40. The summed E-state index contributed by atoms with van der Waals surface area (Å²) >= 11 is 0. The first-order chi connectivity index (χ1) is 6.22. The van der Waals surface area contributed by atoms with Crippen molar-refractivity contribution in [3.63, 3.8) is 0 Å². The SMILES string of the molecule is CNC(=O)C1CC2CCC1(OC)O2. The molecule has 0 aromatic carbocycles. The normalized spacial score (nSPS) is 42.3. The number of rotatable bonds is 2. The second-order valence-electron chi connectivity index (χ2n) is 3.70. The van der Waals surface area contributed by atoms with E-state index in [2.05, 4.69) is 5.32 Å². The first-order valence-electron chi connectivity index (χ1n) is 4.66. The van der Waals surface area contributed by atoms with Gasteiger partial charge in [0.2, 0.25) is 5.91 Å². The molecule has 2 aliphatic rings. The van der Waals surface area contributed by atoms with Gasteiger partial charge < -0.3 is 14.8 Å². The molecule has 4 heteroatoms. The van der Waals surface area contributed by atoms with Crippen LogP contribution in [0.4, 0.5) is 0 Å². The molecule has 1 amide bonds. The van der Waals surface area contributed by atoms with Crippen molar-refractivity contribution in [1.82, 2.24) is 5.32 Å². The number of hydrogen-bond acceptors (Lipinski definition) is 3. The van der Waals surface area contributed by atoms with E-state index in [0.717, 1.165) is 19.3 Å². The van der Waals surface area contributed by atoms with E-state index in [0.29, 0.717) is 0 Å². The van der Waals surface area contributed by atoms with Gasteiger partial charge in [0.1, 0.15) is 0 Å². The molecule has 2 fully saturated rings. The van der Waals surface area contributed by atoms with E-state index in [-0.39, 0.29) is 17.9 Å². The first kappa shape index (κ1) is 8.97. The molecule has 74 valence electrons. The van der Waals surface area contributed by atoms with Gasteiger partial charge in [-0.15, -0.1) is 0 Å². The van der Waals surface area contributed by atoms with Crippen molar-refractivity contribution in [1.29, 1.82) is 0 Å². The largest absolute Gasteiger partial charge is 0.359 e. The molecule has 2 heterocycles. The Bertz CT molecular complexity index is 231. The summed E-state index contributed by atoms with van der Waals surface area (Å²) in [4.78, 5) is 11.5. The van der Waals surface area contributed by atoms with E-state index in [1.807, 2.05) is 0 Å². The average Bonchev–Trinajstić information content (AvgIpc) is 2.74. The number of carbonyl (C=O) groups is 1. The molecule has 2 rings (SSSR count). The van der Waals surface area contributed by atoms with Crippen molar-refractivity contribution in [2.24, 2.45) is 5.92 Å². The van der Waals surface area contributed by atoms with Gasteiger partial charge in [-0.05, 0) is 12.8 Å². The Morgan fingerprint density at radius 3 is 3.00 bits per heavy atom. The lowest BCUT2D eigenvalue weighted by atomic mass is 9.85. The summed E-state index contributed by atoms with van der Waals surface area (Å²) in [6.07, 6.45) is 2.88. The zero-order chi connectivity index (χ0) is 9.47. The quantitative estimate of drug-likeness (QED) is 0.672. The second-order valence-corrected chi connectivity index (χ2v) is 3.70. The number of hydrogen-bond donors (Lipinski definition) is 1. The highest BCUT2D eigenvalue weighted by Gasteiger charge is 2.56. The zero-order valence-electron chi connectivity index (χ0n) is 8.00. The second kappa shape index (κ2) is 2.96. The molecule has 1 N–H and O–H groups in total. The predicted molar refractivity (Wildman–Crippen MR) is 46.0 cm³/mol. The molecule has 4 nitrogen and oxygen atoms in total. The number of nitrogens with one attached hydrogen (secondary N) is 1. The summed E-state index contributed by atoms with van der Waals surface area (Å²) in [7, 11) is 3.27. The van der Waals surface area contributed by atoms with Crippen LogP contribution in [-0.2, 0) is 14.3 Å². The Hall–Kier alpha value is -0.610. The van der Waals surface area contributed by atoms with Gasteiger partial charge in [-0.2, -0.15) is 0 Å². The van der Waals surface area contributed by atoms with E-state index < -0.39 is 5.79 Å². The third kappa shape index (κ3) is 1.16. The average molecular weight is 185 g/mol. The van der Waals surface area contributed by atoms with Crippen LogP contribution in [0, 0.1) is 5.92 Å². The molecule has 0 spiro atoms. The van der Waals surface area contributed by atoms with Crippen molar-refractivity contribution in [3.05, 3.63) is 0 Å². The lowest BCUT2D eigenvalue weighted by Gasteiger charge is -2.29. The Morgan fingerprint density at radius 2 is 2.46 bits per heavy atom. The minimum Gasteiger partial charge on any atom is -0.359 e. The lowest BCUT2D eigenvalue weighted by Crippen LogP contribution is -2.44. The molecule has 0 aromatic heterocycles. The van der Waals surface area contributed by atoms with Crippen molar-refractivity contribution in [2.45, 2.75) is 31.2 Å². The predicted octanol–water partition coefficient (Wildman–Crippen LogP) is 0.274. The molecule has 0 saturated carbocycles. The fourth-order valence-corrected chi connectivity index (χ4v) is 2.40. The van der Waals surface area contributed by atoms with Crippen LogP contribution >= 0.6 is 0 Å². The minimum absolute atomic E-state index is 0.0315. The van der Waals surface area contributed by atoms with Crippen LogP contribution in [0.3, 0.4) is 0 Å². The number of ether oxygens (including phenoxy) is 2. The molecule has 2 aliphatic heterocycles. The maximum absolute atomic E-state index is 11.5.